The van der Waals surface area contributed by atoms with E-state index in [1.54, 1.807) is 13.8 Å². The Morgan fingerprint density at radius 1 is 1.25 bits per heavy atom. The Kier molecular flexibility index (Phi) is 3.60. The Hall–Kier alpha value is -1.91. The Morgan fingerprint density at radius 2 is 1.75 bits per heavy atom. The number of rotatable bonds is 2. The molecule has 0 heterocycles. The number of nitrogens with zero attached hydrogens (tertiary/aromatic N) is 1. The largest absolute Gasteiger partial charge is 0.474 e. The van der Waals surface area contributed by atoms with E-state index in [4.69, 9.17) is 5.11 Å². The summed E-state index contributed by atoms with van der Waals surface area (Å²) in [4.78, 5) is 23.1. The Morgan fingerprint density at radius 3 is 2.12 bits per heavy atom. The molecule has 0 aromatic heterocycles. The molecule has 4 nitrogen and oxygen atoms in total. The third-order valence-corrected chi connectivity index (χ3v) is 2.02. The molecule has 1 aromatic rings. The van der Waals surface area contributed by atoms with Gasteiger partial charge in [0.1, 0.15) is 5.82 Å². The van der Waals surface area contributed by atoms with Crippen LogP contribution in [-0.2, 0) is 9.59 Å². The number of carboxylic acids is 1. The smallest absolute Gasteiger partial charge is 0.394 e. The minimum absolute atomic E-state index is 0.311. The number of hydrogen-bond donors (Lipinski definition) is 1. The highest BCUT2D eigenvalue weighted by Crippen LogP contribution is 2.17. The average Bonchev–Trinajstić information content (AvgIpc) is 2.20. The maximum atomic E-state index is 12.7. The molecule has 0 aliphatic rings. The summed E-state index contributed by atoms with van der Waals surface area (Å²) in [6.45, 7) is 3.37. The summed E-state index contributed by atoms with van der Waals surface area (Å²) in [6.07, 6.45) is 0. The second-order valence-electron chi connectivity index (χ2n) is 3.55. The molecule has 1 N–H and O–H groups in total. The first-order valence-corrected chi connectivity index (χ1v) is 4.75. The van der Waals surface area contributed by atoms with Gasteiger partial charge in [-0.3, -0.25) is 4.79 Å². The van der Waals surface area contributed by atoms with E-state index < -0.39 is 17.7 Å². The van der Waals surface area contributed by atoms with Gasteiger partial charge in [0.15, 0.2) is 0 Å². The number of amides is 1. The lowest BCUT2D eigenvalue weighted by molar-refractivity contribution is -0.149. The molecule has 0 bridgehead atoms. The molecule has 0 fully saturated rings. The topological polar surface area (TPSA) is 57.6 Å². The van der Waals surface area contributed by atoms with Crippen molar-refractivity contribution in [3.05, 3.63) is 30.1 Å². The molecular formula is C11H12FNO3. The first kappa shape index (κ1) is 12.2. The summed E-state index contributed by atoms with van der Waals surface area (Å²) < 4.78 is 12.7. The first-order chi connectivity index (χ1) is 7.43. The Labute approximate surface area is 92.3 Å². The van der Waals surface area contributed by atoms with Crippen LogP contribution in [0, 0.1) is 5.82 Å². The number of carbonyl (C=O) groups is 2. The van der Waals surface area contributed by atoms with Crippen molar-refractivity contribution in [2.75, 3.05) is 4.90 Å². The highest BCUT2D eigenvalue weighted by Gasteiger charge is 2.24. The van der Waals surface area contributed by atoms with Crippen LogP contribution in [0.1, 0.15) is 13.8 Å². The molecule has 0 spiro atoms. The highest BCUT2D eigenvalue weighted by atomic mass is 19.1. The quantitative estimate of drug-likeness (QED) is 0.778. The number of anilines is 1. The van der Waals surface area contributed by atoms with E-state index in [1.165, 1.54) is 24.3 Å². The summed E-state index contributed by atoms with van der Waals surface area (Å²) in [5.74, 6) is -2.99. The van der Waals surface area contributed by atoms with Crippen molar-refractivity contribution < 1.29 is 19.1 Å². The van der Waals surface area contributed by atoms with Gasteiger partial charge in [0, 0.05) is 11.7 Å². The summed E-state index contributed by atoms with van der Waals surface area (Å²) >= 11 is 0. The van der Waals surface area contributed by atoms with Crippen molar-refractivity contribution >= 4 is 17.6 Å². The lowest BCUT2D eigenvalue weighted by Gasteiger charge is -2.24. The number of hydrogen-bond acceptors (Lipinski definition) is 2. The predicted molar refractivity (Wildman–Crippen MR) is 56.7 cm³/mol. The number of benzene rings is 1. The molecule has 5 heteroatoms. The van der Waals surface area contributed by atoms with Gasteiger partial charge in [-0.1, -0.05) is 0 Å². The SMILES string of the molecule is CC(C)N(C(=O)C(=O)O)c1ccc(F)cc1. The lowest BCUT2D eigenvalue weighted by atomic mass is 10.2. The molecule has 0 atom stereocenters. The highest BCUT2D eigenvalue weighted by molar-refractivity contribution is 6.37. The molecule has 1 rings (SSSR count). The molecule has 1 amide bonds. The van der Waals surface area contributed by atoms with Crippen LogP contribution < -0.4 is 4.90 Å². The van der Waals surface area contributed by atoms with Crippen molar-refractivity contribution in [2.45, 2.75) is 19.9 Å². The number of carbonyl (C=O) groups excluding carboxylic acids is 1. The summed E-state index contributed by atoms with van der Waals surface area (Å²) in [7, 11) is 0. The average molecular weight is 225 g/mol. The Bertz CT molecular complexity index is 400. The summed E-state index contributed by atoms with van der Waals surface area (Å²) in [5.41, 5.74) is 0.365. The zero-order valence-electron chi connectivity index (χ0n) is 8.98. The van der Waals surface area contributed by atoms with E-state index in [9.17, 15) is 14.0 Å². The van der Waals surface area contributed by atoms with Gasteiger partial charge in [0.2, 0.25) is 0 Å². The molecule has 0 saturated carbocycles. The van der Waals surface area contributed by atoms with E-state index in [1.807, 2.05) is 0 Å². The zero-order chi connectivity index (χ0) is 12.3. The summed E-state index contributed by atoms with van der Waals surface area (Å²) in [5, 5.41) is 8.65. The van der Waals surface area contributed by atoms with Crippen LogP contribution in [0.15, 0.2) is 24.3 Å². The molecule has 0 radical (unpaired) electrons. The zero-order valence-corrected chi connectivity index (χ0v) is 8.98. The molecule has 1 aromatic carbocycles. The maximum Gasteiger partial charge on any atom is 0.394 e. The van der Waals surface area contributed by atoms with Crippen LogP contribution in [0.2, 0.25) is 0 Å². The van der Waals surface area contributed by atoms with Crippen molar-refractivity contribution in [1.29, 1.82) is 0 Å². The third-order valence-electron chi connectivity index (χ3n) is 2.02. The summed E-state index contributed by atoms with van der Waals surface area (Å²) in [6, 6.07) is 4.79. The van der Waals surface area contributed by atoms with E-state index in [2.05, 4.69) is 0 Å². The predicted octanol–water partition coefficient (Wildman–Crippen LogP) is 1.65. The molecule has 0 saturated heterocycles. The van der Waals surface area contributed by atoms with Crippen LogP contribution in [0.5, 0.6) is 0 Å². The molecule has 0 aliphatic heterocycles. The van der Waals surface area contributed by atoms with Crippen LogP contribution >= 0.6 is 0 Å². The minimum Gasteiger partial charge on any atom is -0.474 e. The van der Waals surface area contributed by atoms with Crippen LogP contribution in [0.4, 0.5) is 10.1 Å². The molecule has 0 aliphatic carbocycles. The maximum absolute atomic E-state index is 12.7. The fraction of sp³-hybridized carbons (Fsp3) is 0.273. The third kappa shape index (κ3) is 2.56. The first-order valence-electron chi connectivity index (χ1n) is 4.75. The van der Waals surface area contributed by atoms with Gasteiger partial charge in [-0.25, -0.2) is 9.18 Å². The normalized spacial score (nSPS) is 10.2. The second-order valence-corrected chi connectivity index (χ2v) is 3.55. The number of aliphatic carboxylic acids is 1. The van der Waals surface area contributed by atoms with Crippen molar-refractivity contribution in [3.8, 4) is 0 Å². The van der Waals surface area contributed by atoms with Crippen LogP contribution in [-0.4, -0.2) is 23.0 Å². The van der Waals surface area contributed by atoms with E-state index >= 15 is 0 Å². The monoisotopic (exact) mass is 225 g/mol. The fourth-order valence-electron chi connectivity index (χ4n) is 1.35. The minimum atomic E-state index is -1.53. The molecular weight excluding hydrogens is 213 g/mol. The van der Waals surface area contributed by atoms with Gasteiger partial charge in [0.25, 0.3) is 0 Å². The van der Waals surface area contributed by atoms with Gasteiger partial charge in [0.05, 0.1) is 0 Å². The van der Waals surface area contributed by atoms with E-state index in [0.29, 0.717) is 5.69 Å². The van der Waals surface area contributed by atoms with E-state index in [-0.39, 0.29) is 6.04 Å². The van der Waals surface area contributed by atoms with Crippen LogP contribution in [0.25, 0.3) is 0 Å². The molecule has 16 heavy (non-hydrogen) atoms. The van der Waals surface area contributed by atoms with Crippen molar-refractivity contribution in [2.24, 2.45) is 0 Å². The lowest BCUT2D eigenvalue weighted by Crippen LogP contribution is -2.41. The van der Waals surface area contributed by atoms with Gasteiger partial charge in [-0.2, -0.15) is 0 Å². The van der Waals surface area contributed by atoms with Crippen molar-refractivity contribution in [1.82, 2.24) is 0 Å². The van der Waals surface area contributed by atoms with E-state index in [0.717, 1.165) is 4.90 Å². The standard InChI is InChI=1S/C11H12FNO3/c1-7(2)13(10(14)11(15)16)9-5-3-8(12)4-6-9/h3-7H,1-2H3,(H,15,16). The number of carboxylic acid groups (broad SMARTS) is 1. The van der Waals surface area contributed by atoms with Gasteiger partial charge >= 0.3 is 11.9 Å². The van der Waals surface area contributed by atoms with Crippen LogP contribution in [0.3, 0.4) is 0 Å². The van der Waals surface area contributed by atoms with Gasteiger partial charge < -0.3 is 10.0 Å². The fourth-order valence-corrected chi connectivity index (χ4v) is 1.35. The number of halogens is 1. The second kappa shape index (κ2) is 4.74. The Balaban J connectivity index is 3.08. The van der Waals surface area contributed by atoms with Crippen molar-refractivity contribution in [3.63, 3.8) is 0 Å². The molecule has 86 valence electrons. The van der Waals surface area contributed by atoms with Gasteiger partial charge in [-0.05, 0) is 38.1 Å². The molecule has 0 unspecified atom stereocenters. The van der Waals surface area contributed by atoms with Gasteiger partial charge in [-0.15, -0.1) is 0 Å².